The second kappa shape index (κ2) is 9.15. The van der Waals surface area contributed by atoms with Crippen molar-refractivity contribution >= 4 is 23.2 Å². The molecule has 5 rings (SSSR count). The predicted molar refractivity (Wildman–Crippen MR) is 127 cm³/mol. The average molecular weight is 445 g/mol. The van der Waals surface area contributed by atoms with E-state index in [0.717, 1.165) is 24.4 Å². The van der Waals surface area contributed by atoms with Crippen molar-refractivity contribution in [2.24, 2.45) is 0 Å². The molecule has 0 unspecified atom stereocenters. The van der Waals surface area contributed by atoms with E-state index in [-0.39, 0.29) is 11.9 Å². The standard InChI is InChI=1S/C26H25ClN4O/c27-22-11-12-24-28-23(19-31(24)18-22)17-25(32)29-13-15-30(16-14-29)26(20-7-3-1-4-8-20)21-9-5-2-6-10-21/h1-12,18-19,26H,13-17H2. The van der Waals surface area contributed by atoms with E-state index in [4.69, 9.17) is 11.6 Å². The molecular weight excluding hydrogens is 420 g/mol. The van der Waals surface area contributed by atoms with Gasteiger partial charge in [-0.3, -0.25) is 9.69 Å². The van der Waals surface area contributed by atoms with Crippen LogP contribution in [-0.4, -0.2) is 51.3 Å². The highest BCUT2D eigenvalue weighted by Gasteiger charge is 2.28. The molecule has 1 aliphatic heterocycles. The number of halogens is 1. The van der Waals surface area contributed by atoms with Crippen LogP contribution in [-0.2, 0) is 11.2 Å². The van der Waals surface area contributed by atoms with Crippen molar-refractivity contribution in [1.82, 2.24) is 19.2 Å². The van der Waals surface area contributed by atoms with E-state index in [1.807, 2.05) is 33.8 Å². The number of benzene rings is 2. The first-order valence-electron chi connectivity index (χ1n) is 10.9. The zero-order chi connectivity index (χ0) is 21.9. The van der Waals surface area contributed by atoms with Gasteiger partial charge < -0.3 is 9.30 Å². The number of pyridine rings is 1. The minimum Gasteiger partial charge on any atom is -0.340 e. The lowest BCUT2D eigenvalue weighted by atomic mass is 9.96. The molecule has 0 atom stereocenters. The normalized spacial score (nSPS) is 14.9. The zero-order valence-electron chi connectivity index (χ0n) is 17.8. The van der Waals surface area contributed by atoms with Crippen LogP contribution in [0.2, 0.25) is 5.02 Å². The summed E-state index contributed by atoms with van der Waals surface area (Å²) < 4.78 is 1.87. The molecule has 5 nitrogen and oxygen atoms in total. The van der Waals surface area contributed by atoms with Crippen LogP contribution < -0.4 is 0 Å². The van der Waals surface area contributed by atoms with Crippen LogP contribution in [0.1, 0.15) is 22.9 Å². The first kappa shape index (κ1) is 20.7. The third-order valence-electron chi connectivity index (χ3n) is 6.06. The Labute approximate surface area is 192 Å². The summed E-state index contributed by atoms with van der Waals surface area (Å²) in [6.07, 6.45) is 4.00. The third-order valence-corrected chi connectivity index (χ3v) is 6.28. The number of rotatable bonds is 5. The van der Waals surface area contributed by atoms with Gasteiger partial charge in [-0.2, -0.15) is 0 Å². The quantitative estimate of drug-likeness (QED) is 0.456. The van der Waals surface area contributed by atoms with Gasteiger partial charge in [0.05, 0.1) is 23.2 Å². The number of amides is 1. The van der Waals surface area contributed by atoms with Crippen molar-refractivity contribution in [2.45, 2.75) is 12.5 Å². The van der Waals surface area contributed by atoms with Gasteiger partial charge in [-0.1, -0.05) is 72.3 Å². The van der Waals surface area contributed by atoms with Crippen molar-refractivity contribution in [1.29, 1.82) is 0 Å². The molecule has 1 fully saturated rings. The van der Waals surface area contributed by atoms with Gasteiger partial charge >= 0.3 is 0 Å². The number of nitrogens with zero attached hydrogens (tertiary/aromatic N) is 4. The summed E-state index contributed by atoms with van der Waals surface area (Å²) in [5.74, 6) is 0.120. The van der Waals surface area contributed by atoms with Gasteiger partial charge in [-0.25, -0.2) is 4.98 Å². The van der Waals surface area contributed by atoms with Crippen LogP contribution in [0.15, 0.2) is 85.2 Å². The maximum absolute atomic E-state index is 13.0. The van der Waals surface area contributed by atoms with E-state index >= 15 is 0 Å². The third kappa shape index (κ3) is 4.40. The van der Waals surface area contributed by atoms with Gasteiger partial charge in [-0.15, -0.1) is 0 Å². The first-order valence-corrected chi connectivity index (χ1v) is 11.3. The summed E-state index contributed by atoms with van der Waals surface area (Å²) in [4.78, 5) is 21.9. The highest BCUT2D eigenvalue weighted by atomic mass is 35.5. The van der Waals surface area contributed by atoms with Crippen LogP contribution in [0, 0.1) is 0 Å². The largest absolute Gasteiger partial charge is 0.340 e. The number of carbonyl (C=O) groups excluding carboxylic acids is 1. The Morgan fingerprint density at radius 1 is 0.844 bits per heavy atom. The van der Waals surface area contributed by atoms with Crippen molar-refractivity contribution in [3.8, 4) is 0 Å². The fraction of sp³-hybridized carbons (Fsp3) is 0.231. The van der Waals surface area contributed by atoms with Gasteiger partial charge in [0.15, 0.2) is 0 Å². The van der Waals surface area contributed by atoms with E-state index < -0.39 is 0 Å². The molecule has 162 valence electrons. The second-order valence-corrected chi connectivity index (χ2v) is 8.60. The smallest absolute Gasteiger partial charge is 0.228 e. The Morgan fingerprint density at radius 3 is 2.09 bits per heavy atom. The Morgan fingerprint density at radius 2 is 1.47 bits per heavy atom. The molecule has 0 spiro atoms. The Balaban J connectivity index is 1.27. The lowest BCUT2D eigenvalue weighted by Gasteiger charge is -2.39. The number of hydrogen-bond acceptors (Lipinski definition) is 3. The Bertz CT molecular complexity index is 1160. The summed E-state index contributed by atoms with van der Waals surface area (Å²) in [6.45, 7) is 3.10. The van der Waals surface area contributed by atoms with Crippen LogP contribution in [0.4, 0.5) is 0 Å². The highest BCUT2D eigenvalue weighted by molar-refractivity contribution is 6.30. The lowest BCUT2D eigenvalue weighted by Crippen LogP contribution is -2.50. The number of aromatic nitrogens is 2. The first-order chi connectivity index (χ1) is 15.7. The molecule has 2 aromatic heterocycles. The van der Waals surface area contributed by atoms with E-state index in [9.17, 15) is 4.79 Å². The monoisotopic (exact) mass is 444 g/mol. The number of fused-ring (bicyclic) bond motifs is 1. The van der Waals surface area contributed by atoms with E-state index in [2.05, 4.69) is 70.5 Å². The summed E-state index contributed by atoms with van der Waals surface area (Å²) in [6, 6.07) is 25.1. The van der Waals surface area contributed by atoms with Gasteiger partial charge in [0, 0.05) is 38.6 Å². The molecule has 32 heavy (non-hydrogen) atoms. The second-order valence-electron chi connectivity index (χ2n) is 8.16. The maximum Gasteiger partial charge on any atom is 0.228 e. The molecule has 0 radical (unpaired) electrons. The van der Waals surface area contributed by atoms with E-state index in [1.54, 1.807) is 0 Å². The number of piperazine rings is 1. The molecule has 1 amide bonds. The molecular formula is C26H25ClN4O. The fourth-order valence-electron chi connectivity index (χ4n) is 4.48. The maximum atomic E-state index is 13.0. The molecule has 3 heterocycles. The predicted octanol–water partition coefficient (Wildman–Crippen LogP) is 4.46. The summed E-state index contributed by atoms with van der Waals surface area (Å²) in [5, 5.41) is 0.648. The van der Waals surface area contributed by atoms with Gasteiger partial charge in [0.25, 0.3) is 0 Å². The summed E-state index contributed by atoms with van der Waals surface area (Å²) in [7, 11) is 0. The van der Waals surface area contributed by atoms with Crippen LogP contribution in [0.5, 0.6) is 0 Å². The molecule has 0 saturated carbocycles. The minimum atomic E-state index is 0.120. The van der Waals surface area contributed by atoms with Crippen molar-refractivity contribution < 1.29 is 4.79 Å². The average Bonchev–Trinajstić information content (AvgIpc) is 3.22. The summed E-state index contributed by atoms with van der Waals surface area (Å²) >= 11 is 6.05. The van der Waals surface area contributed by atoms with E-state index in [1.165, 1.54) is 11.1 Å². The molecule has 0 bridgehead atoms. The Hall–Kier alpha value is -3.15. The van der Waals surface area contributed by atoms with Crippen molar-refractivity contribution in [2.75, 3.05) is 26.2 Å². The topological polar surface area (TPSA) is 40.9 Å². The van der Waals surface area contributed by atoms with Gasteiger partial charge in [-0.05, 0) is 23.3 Å². The molecule has 0 aliphatic carbocycles. The van der Waals surface area contributed by atoms with Gasteiger partial charge in [0.2, 0.25) is 5.91 Å². The zero-order valence-corrected chi connectivity index (χ0v) is 18.5. The van der Waals surface area contributed by atoms with Gasteiger partial charge in [0.1, 0.15) is 5.65 Å². The molecule has 6 heteroatoms. The van der Waals surface area contributed by atoms with Crippen LogP contribution in [0.25, 0.3) is 5.65 Å². The number of hydrogen-bond donors (Lipinski definition) is 0. The summed E-state index contributed by atoms with van der Waals surface area (Å²) in [5.41, 5.74) is 4.13. The number of imidazole rings is 1. The van der Waals surface area contributed by atoms with E-state index in [0.29, 0.717) is 24.5 Å². The Kier molecular flexibility index (Phi) is 5.93. The number of carbonyl (C=O) groups is 1. The SMILES string of the molecule is O=C(Cc1cn2cc(Cl)ccc2n1)N1CCN(C(c2ccccc2)c2ccccc2)CC1. The minimum absolute atomic E-state index is 0.120. The van der Waals surface area contributed by atoms with Crippen molar-refractivity contribution in [3.63, 3.8) is 0 Å². The lowest BCUT2D eigenvalue weighted by molar-refractivity contribution is -0.132. The molecule has 2 aromatic carbocycles. The molecule has 1 saturated heterocycles. The molecule has 4 aromatic rings. The van der Waals surface area contributed by atoms with Crippen molar-refractivity contribution in [3.05, 3.63) is 107 Å². The molecule has 1 aliphatic rings. The van der Waals surface area contributed by atoms with Crippen LogP contribution in [0.3, 0.4) is 0 Å². The molecule has 0 N–H and O–H groups in total. The van der Waals surface area contributed by atoms with Crippen LogP contribution >= 0.6 is 11.6 Å². The fourth-order valence-corrected chi connectivity index (χ4v) is 4.65. The highest BCUT2D eigenvalue weighted by Crippen LogP contribution is 2.29.